The maximum absolute atomic E-state index is 11.8. The molecule has 2 aliphatic rings. The molecule has 20 heavy (non-hydrogen) atoms. The molecular weight excluding hydrogens is 293 g/mol. The first-order chi connectivity index (χ1) is 8.99. The van der Waals surface area contributed by atoms with Gasteiger partial charge >= 0.3 is 29.6 Å². The molecule has 1 N–H and O–H groups in total. The Hall–Kier alpha value is -0.210. The number of ether oxygens (including phenoxy) is 1. The van der Waals surface area contributed by atoms with E-state index in [-0.39, 0.29) is 46.3 Å². The summed E-state index contributed by atoms with van der Waals surface area (Å²) in [6, 6.07) is 0. The number of rotatable bonds is 6. The van der Waals surface area contributed by atoms with Gasteiger partial charge in [0.1, 0.15) is 11.1 Å². The third-order valence-corrected chi connectivity index (χ3v) is 4.46. The smallest absolute Gasteiger partial charge is 0.543 e. The number of β-lactam (4-membered cyclic amide) rings is 1. The fourth-order valence-electron chi connectivity index (χ4n) is 2.15. The van der Waals surface area contributed by atoms with Gasteiger partial charge in [-0.2, -0.15) is 0 Å². The van der Waals surface area contributed by atoms with E-state index in [1.165, 1.54) is 18.7 Å². The van der Waals surface area contributed by atoms with Crippen LogP contribution in [0.5, 0.6) is 0 Å². The molecule has 0 aromatic heterocycles. The first-order valence-corrected chi connectivity index (χ1v) is 7.13. The number of aliphatic carboxylic acids is 1. The quantitative estimate of drug-likeness (QED) is 0.313. The van der Waals surface area contributed by atoms with Crippen LogP contribution < -0.4 is 34.7 Å². The van der Waals surface area contributed by atoms with Crippen LogP contribution in [0, 0.1) is 5.92 Å². The number of carbonyl (C=O) groups excluding carboxylic acids is 2. The first-order valence-electron chi connectivity index (χ1n) is 6.25. The molecule has 0 unspecified atom stereocenters. The van der Waals surface area contributed by atoms with Gasteiger partial charge in [-0.15, -0.1) is 0 Å². The van der Waals surface area contributed by atoms with Crippen molar-refractivity contribution in [1.29, 1.82) is 0 Å². The minimum absolute atomic E-state index is 0. The molecule has 0 aromatic carbocycles. The van der Waals surface area contributed by atoms with E-state index in [1.807, 2.05) is 6.92 Å². The fourth-order valence-corrected chi connectivity index (χ4v) is 3.62. The van der Waals surface area contributed by atoms with Crippen molar-refractivity contribution in [1.82, 2.24) is 4.90 Å². The summed E-state index contributed by atoms with van der Waals surface area (Å²) in [4.78, 5) is 24.1. The molecule has 2 aliphatic heterocycles. The van der Waals surface area contributed by atoms with Crippen molar-refractivity contribution in [2.24, 2.45) is 5.92 Å². The summed E-state index contributed by atoms with van der Waals surface area (Å²) in [5, 5.41) is 20.5. The molecule has 1 saturated heterocycles. The van der Waals surface area contributed by atoms with E-state index in [0.717, 1.165) is 17.7 Å². The molecule has 0 radical (unpaired) electrons. The number of carbonyl (C=O) groups is 2. The standard InChI is InChI=1S/C12H17NO5S.Na/c1-3-4-5-18-12-8(11(16)17)13-9(15)7(6(2)14)10(13)19-12;/h6-7,10,14H,3-5H2,1-2H3,(H,16,17);/q;+1/p-1/t6-,7+,10-;/m1./s1. The van der Waals surface area contributed by atoms with Crippen LogP contribution in [0.1, 0.15) is 26.7 Å². The van der Waals surface area contributed by atoms with Crippen molar-refractivity contribution in [3.8, 4) is 0 Å². The second-order valence-corrected chi connectivity index (χ2v) is 5.70. The summed E-state index contributed by atoms with van der Waals surface area (Å²) in [5.41, 5.74) is -0.201. The number of thioether (sulfide) groups is 1. The molecule has 0 aromatic rings. The van der Waals surface area contributed by atoms with E-state index in [2.05, 4.69) is 0 Å². The minimum Gasteiger partial charge on any atom is -0.543 e. The Morgan fingerprint density at radius 2 is 2.25 bits per heavy atom. The number of carboxylic acid groups (broad SMARTS) is 1. The average Bonchev–Trinajstić information content (AvgIpc) is 2.64. The summed E-state index contributed by atoms with van der Waals surface area (Å²) >= 11 is 1.17. The maximum atomic E-state index is 11.8. The number of hydrogen-bond donors (Lipinski definition) is 1. The van der Waals surface area contributed by atoms with Gasteiger partial charge in [-0.05, 0) is 13.3 Å². The molecule has 1 fully saturated rings. The Morgan fingerprint density at radius 3 is 2.75 bits per heavy atom. The molecule has 1 amide bonds. The molecule has 106 valence electrons. The summed E-state index contributed by atoms with van der Waals surface area (Å²) in [7, 11) is 0. The van der Waals surface area contributed by atoms with Crippen LogP contribution in [-0.4, -0.2) is 40.0 Å². The van der Waals surface area contributed by atoms with Gasteiger partial charge in [-0.25, -0.2) is 0 Å². The van der Waals surface area contributed by atoms with Crippen LogP contribution in [0.2, 0.25) is 0 Å². The van der Waals surface area contributed by atoms with E-state index in [0.29, 0.717) is 6.61 Å². The molecule has 8 heteroatoms. The van der Waals surface area contributed by atoms with Crippen molar-refractivity contribution in [3.05, 3.63) is 10.8 Å². The van der Waals surface area contributed by atoms with Crippen molar-refractivity contribution < 1.29 is 54.1 Å². The number of nitrogens with zero attached hydrogens (tertiary/aromatic N) is 1. The van der Waals surface area contributed by atoms with E-state index in [1.54, 1.807) is 0 Å². The van der Waals surface area contributed by atoms with E-state index < -0.39 is 23.4 Å². The van der Waals surface area contributed by atoms with E-state index in [9.17, 15) is 19.8 Å². The maximum Gasteiger partial charge on any atom is 1.00 e. The molecule has 0 saturated carbocycles. The molecule has 6 nitrogen and oxygen atoms in total. The zero-order valence-electron chi connectivity index (χ0n) is 11.8. The Kier molecular flexibility index (Phi) is 6.40. The van der Waals surface area contributed by atoms with Crippen molar-refractivity contribution in [2.45, 2.75) is 38.2 Å². The molecular formula is C12H16NNaO5S. The van der Waals surface area contributed by atoms with Crippen molar-refractivity contribution >= 4 is 23.6 Å². The summed E-state index contributed by atoms with van der Waals surface area (Å²) < 4.78 is 5.42. The number of fused-ring (bicyclic) bond motifs is 1. The topological polar surface area (TPSA) is 89.9 Å². The second-order valence-electron chi connectivity index (χ2n) is 4.61. The van der Waals surface area contributed by atoms with Crippen LogP contribution in [0.4, 0.5) is 0 Å². The van der Waals surface area contributed by atoms with Crippen LogP contribution in [-0.2, 0) is 14.3 Å². The number of carboxylic acids is 1. The Morgan fingerprint density at radius 1 is 1.60 bits per heavy atom. The van der Waals surface area contributed by atoms with Gasteiger partial charge in [0.2, 0.25) is 5.91 Å². The summed E-state index contributed by atoms with van der Waals surface area (Å²) in [6.07, 6.45) is 0.934. The molecule has 0 spiro atoms. The van der Waals surface area contributed by atoms with Gasteiger partial charge in [-0.3, -0.25) is 9.69 Å². The SMILES string of the molecule is CCCCOC1=C(C(=O)[O-])N2C(=O)[C@H]([C@@H](C)O)[C@H]2S1.[Na+]. The first kappa shape index (κ1) is 17.8. The molecule has 0 bridgehead atoms. The minimum atomic E-state index is -1.42. The molecule has 0 aliphatic carbocycles. The average molecular weight is 309 g/mol. The Balaban J connectivity index is 0.00000200. The van der Waals surface area contributed by atoms with Gasteiger partial charge in [0.15, 0.2) is 5.09 Å². The summed E-state index contributed by atoms with van der Waals surface area (Å²) in [5.74, 6) is -2.38. The third kappa shape index (κ3) is 3.01. The zero-order valence-corrected chi connectivity index (χ0v) is 14.6. The van der Waals surface area contributed by atoms with Crippen LogP contribution in [0.25, 0.3) is 0 Å². The van der Waals surface area contributed by atoms with Gasteiger partial charge in [0, 0.05) is 0 Å². The van der Waals surface area contributed by atoms with Crippen LogP contribution in [0.3, 0.4) is 0 Å². The second kappa shape index (κ2) is 7.17. The van der Waals surface area contributed by atoms with Crippen molar-refractivity contribution in [2.75, 3.05) is 6.61 Å². The predicted octanol–water partition coefficient (Wildman–Crippen LogP) is -3.36. The normalized spacial score (nSPS) is 25.8. The number of unbranched alkanes of at least 4 members (excludes halogenated alkanes) is 1. The Labute approximate surface area is 143 Å². The van der Waals surface area contributed by atoms with Crippen LogP contribution >= 0.6 is 11.8 Å². The summed E-state index contributed by atoms with van der Waals surface area (Å²) in [6.45, 7) is 3.93. The van der Waals surface area contributed by atoms with E-state index >= 15 is 0 Å². The molecule has 3 atom stereocenters. The van der Waals surface area contributed by atoms with Gasteiger partial charge in [-0.1, -0.05) is 25.1 Å². The number of hydrogen-bond acceptors (Lipinski definition) is 6. The molecule has 2 rings (SSSR count). The largest absolute Gasteiger partial charge is 1.00 e. The zero-order chi connectivity index (χ0) is 14.2. The number of amides is 1. The van der Waals surface area contributed by atoms with Gasteiger partial charge in [0.25, 0.3) is 0 Å². The monoisotopic (exact) mass is 309 g/mol. The fraction of sp³-hybridized carbons (Fsp3) is 0.667. The molecule has 2 heterocycles. The van der Waals surface area contributed by atoms with Gasteiger partial charge in [0.05, 0.1) is 24.6 Å². The van der Waals surface area contributed by atoms with E-state index in [4.69, 9.17) is 4.74 Å². The van der Waals surface area contributed by atoms with Gasteiger partial charge < -0.3 is 19.7 Å². The van der Waals surface area contributed by atoms with Crippen LogP contribution in [0.15, 0.2) is 10.8 Å². The third-order valence-electron chi connectivity index (χ3n) is 3.19. The number of aliphatic hydroxyl groups excluding tert-OH is 1. The Bertz CT molecular complexity index is 440. The predicted molar refractivity (Wildman–Crippen MR) is 66.3 cm³/mol. The number of aliphatic hydroxyl groups is 1. The van der Waals surface area contributed by atoms with Crippen molar-refractivity contribution in [3.63, 3.8) is 0 Å².